The maximum absolute atomic E-state index is 5.64. The van der Waals surface area contributed by atoms with E-state index in [-0.39, 0.29) is 0 Å². The maximum Gasteiger partial charge on any atom is 0.279 e. The Bertz CT molecular complexity index is 484. The van der Waals surface area contributed by atoms with Crippen LogP contribution in [0, 0.1) is 6.92 Å². The first-order valence-electron chi connectivity index (χ1n) is 4.20. The Kier molecular flexibility index (Phi) is 3.43. The Hall–Kier alpha value is -0.390. The second-order valence-corrected chi connectivity index (χ2v) is 5.50. The summed E-state index contributed by atoms with van der Waals surface area (Å²) >= 11 is 8.16. The van der Waals surface area contributed by atoms with Crippen LogP contribution in [0.1, 0.15) is 5.56 Å². The summed E-state index contributed by atoms with van der Waals surface area (Å²) in [6, 6.07) is 5.89. The maximum atomic E-state index is 5.64. The zero-order chi connectivity index (χ0) is 10.8. The molecule has 0 atom stereocenters. The number of benzene rings is 1. The molecule has 0 aliphatic heterocycles. The molecule has 0 saturated heterocycles. The number of hydrogen-bond donors (Lipinski definition) is 0. The molecular weight excluding hydrogens is 342 g/mol. The Balaban J connectivity index is 2.24. The molecule has 1 aromatic heterocycles. The fraction of sp³-hybridized carbons (Fsp3) is 0.100. The highest BCUT2D eigenvalue weighted by Crippen LogP contribution is 2.30. The van der Waals surface area contributed by atoms with Gasteiger partial charge in [-0.15, -0.1) is 0 Å². The van der Waals surface area contributed by atoms with E-state index < -0.39 is 0 Å². The standard InChI is InChI=1S/C10H7Br2NOS/c1-6-4-7(11)2-3-8(6)14-10-13-9(12)5-15-10/h2-5H,1H3. The largest absolute Gasteiger partial charge is 0.431 e. The van der Waals surface area contributed by atoms with Crippen molar-refractivity contribution in [2.45, 2.75) is 6.92 Å². The molecule has 0 saturated carbocycles. The minimum Gasteiger partial charge on any atom is -0.431 e. The van der Waals surface area contributed by atoms with Crippen LogP contribution in [0.4, 0.5) is 0 Å². The van der Waals surface area contributed by atoms with Gasteiger partial charge in [0.15, 0.2) is 0 Å². The van der Waals surface area contributed by atoms with Crippen LogP contribution in [0.25, 0.3) is 0 Å². The molecule has 0 aliphatic carbocycles. The van der Waals surface area contributed by atoms with Crippen molar-refractivity contribution in [1.82, 2.24) is 4.98 Å². The van der Waals surface area contributed by atoms with E-state index in [2.05, 4.69) is 36.8 Å². The summed E-state index contributed by atoms with van der Waals surface area (Å²) in [5, 5.41) is 2.54. The Labute approximate surface area is 109 Å². The third-order valence-corrected chi connectivity index (χ3v) is 3.71. The summed E-state index contributed by atoms with van der Waals surface area (Å²) in [6.45, 7) is 2.00. The molecule has 2 aromatic rings. The summed E-state index contributed by atoms with van der Waals surface area (Å²) in [4.78, 5) is 4.17. The van der Waals surface area contributed by atoms with Gasteiger partial charge in [-0.05, 0) is 46.6 Å². The summed E-state index contributed by atoms with van der Waals surface area (Å²) in [5.74, 6) is 0.833. The van der Waals surface area contributed by atoms with E-state index in [1.165, 1.54) is 11.3 Å². The molecule has 0 radical (unpaired) electrons. The average molecular weight is 349 g/mol. The first kappa shape index (κ1) is 11.1. The number of hydrogen-bond acceptors (Lipinski definition) is 3. The number of rotatable bonds is 2. The molecule has 0 unspecified atom stereocenters. The van der Waals surface area contributed by atoms with Gasteiger partial charge in [-0.2, -0.15) is 4.98 Å². The van der Waals surface area contributed by atoms with Crippen molar-refractivity contribution in [2.24, 2.45) is 0 Å². The monoisotopic (exact) mass is 347 g/mol. The van der Waals surface area contributed by atoms with Crippen molar-refractivity contribution in [1.29, 1.82) is 0 Å². The van der Waals surface area contributed by atoms with Crippen molar-refractivity contribution in [3.05, 3.63) is 38.2 Å². The van der Waals surface area contributed by atoms with Crippen LogP contribution < -0.4 is 4.74 Å². The first-order chi connectivity index (χ1) is 7.15. The Morgan fingerprint density at radius 2 is 2.13 bits per heavy atom. The lowest BCUT2D eigenvalue weighted by Gasteiger charge is -2.05. The van der Waals surface area contributed by atoms with Crippen molar-refractivity contribution in [3.63, 3.8) is 0 Å². The summed E-state index contributed by atoms with van der Waals surface area (Å²) in [5.41, 5.74) is 1.08. The number of aromatic nitrogens is 1. The van der Waals surface area contributed by atoms with Gasteiger partial charge in [-0.1, -0.05) is 27.3 Å². The predicted molar refractivity (Wildman–Crippen MR) is 68.8 cm³/mol. The van der Waals surface area contributed by atoms with E-state index in [0.717, 1.165) is 20.4 Å². The second kappa shape index (κ2) is 4.63. The lowest BCUT2D eigenvalue weighted by atomic mass is 10.2. The molecule has 0 N–H and O–H groups in total. The first-order valence-corrected chi connectivity index (χ1v) is 6.67. The van der Waals surface area contributed by atoms with Crippen LogP contribution in [0.5, 0.6) is 10.9 Å². The van der Waals surface area contributed by atoms with Gasteiger partial charge < -0.3 is 4.74 Å². The highest BCUT2D eigenvalue weighted by atomic mass is 79.9. The van der Waals surface area contributed by atoms with Gasteiger partial charge in [0.05, 0.1) is 0 Å². The SMILES string of the molecule is Cc1cc(Br)ccc1Oc1nc(Br)cs1. The molecule has 1 aromatic carbocycles. The van der Waals surface area contributed by atoms with Gasteiger partial charge in [-0.25, -0.2) is 0 Å². The molecule has 78 valence electrons. The van der Waals surface area contributed by atoms with Crippen molar-refractivity contribution < 1.29 is 4.74 Å². The second-order valence-electron chi connectivity index (χ2n) is 2.95. The van der Waals surface area contributed by atoms with E-state index >= 15 is 0 Å². The van der Waals surface area contributed by atoms with E-state index in [1.54, 1.807) is 0 Å². The van der Waals surface area contributed by atoms with Gasteiger partial charge in [0, 0.05) is 9.85 Å². The number of nitrogens with zero attached hydrogens (tertiary/aromatic N) is 1. The van der Waals surface area contributed by atoms with E-state index in [9.17, 15) is 0 Å². The van der Waals surface area contributed by atoms with Crippen LogP contribution in [0.15, 0.2) is 32.7 Å². The van der Waals surface area contributed by atoms with Crippen LogP contribution in [0.2, 0.25) is 0 Å². The van der Waals surface area contributed by atoms with Gasteiger partial charge in [0.2, 0.25) is 0 Å². The van der Waals surface area contributed by atoms with Crippen LogP contribution >= 0.6 is 43.2 Å². The molecule has 0 aliphatic rings. The lowest BCUT2D eigenvalue weighted by molar-refractivity contribution is 0.474. The summed E-state index contributed by atoms with van der Waals surface area (Å²) in [6.07, 6.45) is 0. The van der Waals surface area contributed by atoms with Gasteiger partial charge in [0.25, 0.3) is 5.19 Å². The van der Waals surface area contributed by atoms with E-state index in [1.807, 2.05) is 30.5 Å². The lowest BCUT2D eigenvalue weighted by Crippen LogP contribution is -1.86. The smallest absolute Gasteiger partial charge is 0.279 e. The molecule has 15 heavy (non-hydrogen) atoms. The molecular formula is C10H7Br2NOS. The van der Waals surface area contributed by atoms with Crippen molar-refractivity contribution >= 4 is 43.2 Å². The molecule has 2 rings (SSSR count). The molecule has 0 bridgehead atoms. The van der Waals surface area contributed by atoms with Crippen molar-refractivity contribution in [2.75, 3.05) is 0 Å². The fourth-order valence-electron chi connectivity index (χ4n) is 1.11. The van der Waals surface area contributed by atoms with E-state index in [4.69, 9.17) is 4.74 Å². The highest BCUT2D eigenvalue weighted by molar-refractivity contribution is 9.10. The zero-order valence-corrected chi connectivity index (χ0v) is 11.8. The minimum atomic E-state index is 0.646. The fourth-order valence-corrected chi connectivity index (χ4v) is 2.68. The molecule has 0 spiro atoms. The Morgan fingerprint density at radius 1 is 1.33 bits per heavy atom. The van der Waals surface area contributed by atoms with Gasteiger partial charge in [-0.3, -0.25) is 0 Å². The molecule has 2 nitrogen and oxygen atoms in total. The minimum absolute atomic E-state index is 0.646. The average Bonchev–Trinajstić information content (AvgIpc) is 2.56. The number of thiazole rings is 1. The van der Waals surface area contributed by atoms with E-state index in [0.29, 0.717) is 5.19 Å². The molecule has 1 heterocycles. The summed E-state index contributed by atoms with van der Waals surface area (Å²) < 4.78 is 7.49. The molecule has 5 heteroatoms. The third-order valence-electron chi connectivity index (χ3n) is 1.79. The van der Waals surface area contributed by atoms with Crippen LogP contribution in [-0.4, -0.2) is 4.98 Å². The van der Waals surface area contributed by atoms with Crippen LogP contribution in [0.3, 0.4) is 0 Å². The zero-order valence-electron chi connectivity index (χ0n) is 7.83. The third kappa shape index (κ3) is 2.80. The highest BCUT2D eigenvalue weighted by Gasteiger charge is 2.05. The van der Waals surface area contributed by atoms with Gasteiger partial charge >= 0.3 is 0 Å². The summed E-state index contributed by atoms with van der Waals surface area (Å²) in [7, 11) is 0. The normalized spacial score (nSPS) is 10.3. The topological polar surface area (TPSA) is 22.1 Å². The number of halogens is 2. The quantitative estimate of drug-likeness (QED) is 0.779. The number of aryl methyl sites for hydroxylation is 1. The number of ether oxygens (including phenoxy) is 1. The van der Waals surface area contributed by atoms with Crippen molar-refractivity contribution in [3.8, 4) is 10.9 Å². The van der Waals surface area contributed by atoms with Gasteiger partial charge in [0.1, 0.15) is 10.4 Å². The predicted octanol–water partition coefficient (Wildman–Crippen LogP) is 4.77. The van der Waals surface area contributed by atoms with Crippen LogP contribution in [-0.2, 0) is 0 Å². The Morgan fingerprint density at radius 3 is 2.73 bits per heavy atom. The molecule has 0 amide bonds. The molecule has 0 fully saturated rings.